The Balaban J connectivity index is 1.47. The van der Waals surface area contributed by atoms with E-state index in [1.807, 2.05) is 45.8 Å². The normalized spacial score (nSPS) is 16.5. The lowest BCUT2D eigenvalue weighted by Crippen LogP contribution is -2.46. The molecule has 0 saturated carbocycles. The predicted octanol–water partition coefficient (Wildman–Crippen LogP) is 4.62. The van der Waals surface area contributed by atoms with E-state index in [0.717, 1.165) is 35.6 Å². The van der Waals surface area contributed by atoms with Gasteiger partial charge in [-0.3, -0.25) is 14.2 Å². The van der Waals surface area contributed by atoms with Crippen LogP contribution >= 0.6 is 11.6 Å². The van der Waals surface area contributed by atoms with E-state index < -0.39 is 11.7 Å². The second kappa shape index (κ2) is 9.62. The summed E-state index contributed by atoms with van der Waals surface area (Å²) in [6, 6.07) is 9.62. The van der Waals surface area contributed by atoms with Crippen LogP contribution in [0.4, 0.5) is 4.79 Å². The standard InChI is InChI=1S/C25H30ClN5O3/c1-25(2,3)34-24(33)29(4)16-23(32)30-12-6-7-17(14-30)19-8-5-9-20(28-19)21-13-27-22-11-10-18(26)15-31(21)22/h5,8-11,13,15,17H,6-7,12,14,16H2,1-4H3. The summed E-state index contributed by atoms with van der Waals surface area (Å²) in [5.74, 6) is 0.0258. The molecule has 0 N–H and O–H groups in total. The average molecular weight is 484 g/mol. The third kappa shape index (κ3) is 5.50. The van der Waals surface area contributed by atoms with Gasteiger partial charge in [-0.2, -0.15) is 0 Å². The van der Waals surface area contributed by atoms with Gasteiger partial charge in [-0.25, -0.2) is 9.78 Å². The number of likely N-dealkylation sites (tertiary alicyclic amines) is 1. The number of nitrogens with zero attached hydrogens (tertiary/aromatic N) is 5. The molecule has 9 heteroatoms. The summed E-state index contributed by atoms with van der Waals surface area (Å²) in [4.78, 5) is 37.7. The highest BCUT2D eigenvalue weighted by Gasteiger charge is 2.28. The Hall–Kier alpha value is -3.13. The van der Waals surface area contributed by atoms with E-state index >= 15 is 0 Å². The third-order valence-corrected chi connectivity index (χ3v) is 6.00. The van der Waals surface area contributed by atoms with E-state index in [2.05, 4.69) is 4.98 Å². The fourth-order valence-corrected chi connectivity index (χ4v) is 4.28. The summed E-state index contributed by atoms with van der Waals surface area (Å²) in [7, 11) is 1.58. The summed E-state index contributed by atoms with van der Waals surface area (Å²) < 4.78 is 7.28. The van der Waals surface area contributed by atoms with Crippen molar-refractivity contribution < 1.29 is 14.3 Å². The molecule has 3 aromatic heterocycles. The van der Waals surface area contributed by atoms with Gasteiger partial charge in [-0.05, 0) is 57.9 Å². The van der Waals surface area contributed by atoms with E-state index in [1.54, 1.807) is 34.0 Å². The monoisotopic (exact) mass is 483 g/mol. The first-order valence-corrected chi connectivity index (χ1v) is 11.8. The number of rotatable bonds is 4. The molecule has 1 unspecified atom stereocenters. The van der Waals surface area contributed by atoms with Gasteiger partial charge in [0.05, 0.1) is 22.6 Å². The van der Waals surface area contributed by atoms with Gasteiger partial charge in [0.25, 0.3) is 0 Å². The van der Waals surface area contributed by atoms with Crippen LogP contribution in [-0.2, 0) is 9.53 Å². The molecule has 0 aromatic carbocycles. The van der Waals surface area contributed by atoms with Crippen LogP contribution in [0.1, 0.15) is 45.2 Å². The molecular formula is C25H30ClN5O3. The maximum Gasteiger partial charge on any atom is 0.410 e. The Morgan fingerprint density at radius 3 is 2.79 bits per heavy atom. The molecule has 3 aromatic rings. The topological polar surface area (TPSA) is 80.0 Å². The lowest BCUT2D eigenvalue weighted by molar-refractivity contribution is -0.133. The second-order valence-corrected chi connectivity index (χ2v) is 10.1. The number of carbonyl (C=O) groups is 2. The van der Waals surface area contributed by atoms with Crippen LogP contribution in [0.15, 0.2) is 42.7 Å². The summed E-state index contributed by atoms with van der Waals surface area (Å²) in [6.45, 7) is 6.63. The lowest BCUT2D eigenvalue weighted by Gasteiger charge is -2.34. The zero-order valence-electron chi connectivity index (χ0n) is 20.0. The van der Waals surface area contributed by atoms with Crippen molar-refractivity contribution >= 4 is 29.2 Å². The molecule has 1 aliphatic heterocycles. The van der Waals surface area contributed by atoms with E-state index in [9.17, 15) is 9.59 Å². The first kappa shape index (κ1) is 24.0. The largest absolute Gasteiger partial charge is 0.444 e. The Morgan fingerprint density at radius 1 is 1.24 bits per heavy atom. The zero-order chi connectivity index (χ0) is 24.5. The Morgan fingerprint density at radius 2 is 2.03 bits per heavy atom. The minimum atomic E-state index is -0.604. The first-order chi connectivity index (χ1) is 16.1. The SMILES string of the molecule is CN(CC(=O)N1CCCC(c2cccc(-c3cnc4ccc(Cl)cn34)n2)C1)C(=O)OC(C)(C)C. The van der Waals surface area contributed by atoms with Crippen LogP contribution in [-0.4, -0.2) is 68.5 Å². The first-order valence-electron chi connectivity index (χ1n) is 11.4. The molecule has 8 nitrogen and oxygen atoms in total. The number of fused-ring (bicyclic) bond motifs is 1. The maximum atomic E-state index is 12.9. The average Bonchev–Trinajstić information content (AvgIpc) is 3.21. The van der Waals surface area contributed by atoms with E-state index in [-0.39, 0.29) is 18.4 Å². The third-order valence-electron chi connectivity index (χ3n) is 5.77. The quantitative estimate of drug-likeness (QED) is 0.540. The zero-order valence-corrected chi connectivity index (χ0v) is 20.7. The number of hydrogen-bond acceptors (Lipinski definition) is 5. The van der Waals surface area contributed by atoms with Crippen molar-refractivity contribution in [3.05, 3.63) is 53.4 Å². The van der Waals surface area contributed by atoms with Crippen molar-refractivity contribution in [1.82, 2.24) is 24.2 Å². The number of halogens is 1. The number of pyridine rings is 2. The second-order valence-electron chi connectivity index (χ2n) is 9.68. The highest BCUT2D eigenvalue weighted by molar-refractivity contribution is 6.30. The minimum Gasteiger partial charge on any atom is -0.444 e. The molecule has 0 radical (unpaired) electrons. The van der Waals surface area contributed by atoms with Crippen LogP contribution < -0.4 is 0 Å². The van der Waals surface area contributed by atoms with Crippen molar-refractivity contribution in [3.8, 4) is 11.4 Å². The molecule has 1 saturated heterocycles. The van der Waals surface area contributed by atoms with Gasteiger partial charge in [-0.15, -0.1) is 0 Å². The summed E-state index contributed by atoms with van der Waals surface area (Å²) in [5, 5.41) is 0.626. The number of ether oxygens (including phenoxy) is 1. The van der Waals surface area contributed by atoms with Crippen molar-refractivity contribution in [2.24, 2.45) is 0 Å². The van der Waals surface area contributed by atoms with E-state index in [1.165, 1.54) is 4.90 Å². The summed E-state index contributed by atoms with van der Waals surface area (Å²) >= 11 is 6.18. The molecule has 2 amide bonds. The van der Waals surface area contributed by atoms with Crippen molar-refractivity contribution in [1.29, 1.82) is 0 Å². The van der Waals surface area contributed by atoms with Crippen LogP contribution in [0.5, 0.6) is 0 Å². The Bertz CT molecular complexity index is 1200. The number of aromatic nitrogens is 3. The van der Waals surface area contributed by atoms with Crippen molar-refractivity contribution in [2.45, 2.75) is 45.1 Å². The van der Waals surface area contributed by atoms with Gasteiger partial charge in [0.1, 0.15) is 17.8 Å². The van der Waals surface area contributed by atoms with Gasteiger partial charge in [-0.1, -0.05) is 17.7 Å². The van der Waals surface area contributed by atoms with Gasteiger partial charge in [0, 0.05) is 37.9 Å². The summed E-state index contributed by atoms with van der Waals surface area (Å²) in [6.07, 6.45) is 4.94. The molecule has 1 atom stereocenters. The number of amides is 2. The van der Waals surface area contributed by atoms with Crippen LogP contribution in [0.3, 0.4) is 0 Å². The number of hydrogen-bond donors (Lipinski definition) is 0. The van der Waals surface area contributed by atoms with E-state index in [0.29, 0.717) is 18.1 Å². The van der Waals surface area contributed by atoms with Gasteiger partial charge in [0.2, 0.25) is 5.91 Å². The number of imidazole rings is 1. The number of likely N-dealkylation sites (N-methyl/N-ethyl adjacent to an activating group) is 1. The molecule has 4 rings (SSSR count). The molecule has 0 spiro atoms. The molecule has 1 fully saturated rings. The van der Waals surface area contributed by atoms with Crippen molar-refractivity contribution in [2.75, 3.05) is 26.7 Å². The predicted molar refractivity (Wildman–Crippen MR) is 131 cm³/mol. The van der Waals surface area contributed by atoms with Gasteiger partial charge < -0.3 is 14.5 Å². The van der Waals surface area contributed by atoms with Crippen LogP contribution in [0.25, 0.3) is 17.0 Å². The molecule has 4 heterocycles. The fourth-order valence-electron chi connectivity index (χ4n) is 4.12. The molecule has 34 heavy (non-hydrogen) atoms. The minimum absolute atomic E-state index is 0.0162. The smallest absolute Gasteiger partial charge is 0.410 e. The Labute approximate surface area is 204 Å². The number of piperidine rings is 1. The van der Waals surface area contributed by atoms with Crippen LogP contribution in [0.2, 0.25) is 5.02 Å². The molecule has 0 bridgehead atoms. The highest BCUT2D eigenvalue weighted by atomic mass is 35.5. The van der Waals surface area contributed by atoms with Gasteiger partial charge in [0.15, 0.2) is 0 Å². The maximum absolute atomic E-state index is 12.9. The van der Waals surface area contributed by atoms with Gasteiger partial charge >= 0.3 is 6.09 Å². The highest BCUT2D eigenvalue weighted by Crippen LogP contribution is 2.28. The molecule has 1 aliphatic rings. The molecular weight excluding hydrogens is 454 g/mol. The molecule has 0 aliphatic carbocycles. The van der Waals surface area contributed by atoms with E-state index in [4.69, 9.17) is 21.3 Å². The number of carbonyl (C=O) groups excluding carboxylic acids is 2. The Kier molecular flexibility index (Phi) is 6.79. The lowest BCUT2D eigenvalue weighted by atomic mass is 9.94. The fraction of sp³-hybridized carbons (Fsp3) is 0.440. The van der Waals surface area contributed by atoms with Crippen molar-refractivity contribution in [3.63, 3.8) is 0 Å². The summed E-state index contributed by atoms with van der Waals surface area (Å²) in [5.41, 5.74) is 2.80. The molecule has 180 valence electrons. The van der Waals surface area contributed by atoms with Crippen LogP contribution in [0, 0.1) is 0 Å².